The van der Waals surface area contributed by atoms with Gasteiger partial charge in [-0.15, -0.1) is 11.3 Å². The van der Waals surface area contributed by atoms with Crippen molar-refractivity contribution in [1.82, 2.24) is 5.32 Å². The third-order valence-corrected chi connectivity index (χ3v) is 5.13. The lowest BCUT2D eigenvalue weighted by molar-refractivity contribution is 0.0958. The summed E-state index contributed by atoms with van der Waals surface area (Å²) in [6.45, 7) is 0.573. The molecule has 0 unspecified atom stereocenters. The minimum Gasteiger partial charge on any atom is -0.351 e. The Morgan fingerprint density at radius 1 is 0.958 bits per heavy atom. The minimum atomic E-state index is -0.0599. The van der Waals surface area contributed by atoms with Gasteiger partial charge in [-0.05, 0) is 53.9 Å². The number of carbonyl (C=O) groups excluding carboxylic acids is 1. The number of rotatable bonds is 5. The second-order valence-corrected chi connectivity index (χ2v) is 7.27. The van der Waals surface area contributed by atoms with Crippen molar-refractivity contribution in [3.05, 3.63) is 81.1 Å². The van der Waals surface area contributed by atoms with Crippen LogP contribution in [0.4, 0.5) is 0 Å². The van der Waals surface area contributed by atoms with Crippen molar-refractivity contribution in [2.45, 2.75) is 6.42 Å². The van der Waals surface area contributed by atoms with Crippen LogP contribution >= 0.6 is 34.5 Å². The monoisotopic (exact) mass is 375 g/mol. The van der Waals surface area contributed by atoms with E-state index in [0.717, 1.165) is 22.4 Å². The summed E-state index contributed by atoms with van der Waals surface area (Å²) >= 11 is 13.4. The first-order chi connectivity index (χ1) is 11.6. The third kappa shape index (κ3) is 4.38. The van der Waals surface area contributed by atoms with Gasteiger partial charge in [0.25, 0.3) is 5.91 Å². The average molecular weight is 376 g/mol. The molecule has 0 saturated carbocycles. The summed E-state index contributed by atoms with van der Waals surface area (Å²) in [5.74, 6) is -0.0599. The Labute approximate surface area is 155 Å². The second-order valence-electron chi connectivity index (χ2n) is 5.31. The topological polar surface area (TPSA) is 29.1 Å². The van der Waals surface area contributed by atoms with E-state index in [1.165, 1.54) is 11.3 Å². The molecule has 1 amide bonds. The molecule has 1 aromatic heterocycles. The van der Waals surface area contributed by atoms with Crippen LogP contribution in [0.25, 0.3) is 10.4 Å². The summed E-state index contributed by atoms with van der Waals surface area (Å²) in [6.07, 6.45) is 0.749. The third-order valence-electron chi connectivity index (χ3n) is 3.53. The molecule has 3 rings (SSSR count). The molecular weight excluding hydrogens is 361 g/mol. The zero-order valence-corrected chi connectivity index (χ0v) is 15.1. The summed E-state index contributed by atoms with van der Waals surface area (Å²) in [4.78, 5) is 14.0. The van der Waals surface area contributed by atoms with Crippen molar-refractivity contribution in [3.8, 4) is 10.4 Å². The van der Waals surface area contributed by atoms with Crippen LogP contribution in [-0.4, -0.2) is 12.5 Å². The van der Waals surface area contributed by atoms with Crippen molar-refractivity contribution in [2.24, 2.45) is 0 Å². The van der Waals surface area contributed by atoms with E-state index in [4.69, 9.17) is 23.2 Å². The first-order valence-corrected chi connectivity index (χ1v) is 9.07. The van der Waals surface area contributed by atoms with Gasteiger partial charge in [0, 0.05) is 21.5 Å². The molecule has 0 aliphatic heterocycles. The largest absolute Gasteiger partial charge is 0.351 e. The molecular formula is C19H15Cl2NOS. The molecule has 5 heteroatoms. The van der Waals surface area contributed by atoms with Gasteiger partial charge in [0.05, 0.1) is 4.88 Å². The molecule has 0 aliphatic rings. The first-order valence-electron chi connectivity index (χ1n) is 7.50. The fourth-order valence-corrected chi connectivity index (χ4v) is 3.68. The van der Waals surface area contributed by atoms with E-state index in [0.29, 0.717) is 21.5 Å². The lowest BCUT2D eigenvalue weighted by Gasteiger charge is -2.04. The zero-order valence-electron chi connectivity index (χ0n) is 12.8. The fourth-order valence-electron chi connectivity index (χ4n) is 2.36. The van der Waals surface area contributed by atoms with Gasteiger partial charge in [-0.2, -0.15) is 0 Å². The molecule has 2 nitrogen and oxygen atoms in total. The second kappa shape index (κ2) is 7.84. The van der Waals surface area contributed by atoms with E-state index in [-0.39, 0.29) is 5.91 Å². The molecule has 1 N–H and O–H groups in total. The molecule has 0 fully saturated rings. The number of benzene rings is 2. The van der Waals surface area contributed by atoms with Crippen molar-refractivity contribution in [2.75, 3.05) is 6.54 Å². The maximum Gasteiger partial charge on any atom is 0.261 e. The van der Waals surface area contributed by atoms with Gasteiger partial charge in [-0.3, -0.25) is 4.79 Å². The molecule has 0 atom stereocenters. The van der Waals surface area contributed by atoms with Crippen LogP contribution in [-0.2, 0) is 6.42 Å². The van der Waals surface area contributed by atoms with Gasteiger partial charge in [0.2, 0.25) is 0 Å². The molecule has 1 heterocycles. The van der Waals surface area contributed by atoms with E-state index in [1.807, 2.05) is 60.7 Å². The summed E-state index contributed by atoms with van der Waals surface area (Å²) in [7, 11) is 0. The Hall–Kier alpha value is -1.81. The Balaban J connectivity index is 1.60. The number of halogens is 2. The van der Waals surface area contributed by atoms with Gasteiger partial charge >= 0.3 is 0 Å². The highest BCUT2D eigenvalue weighted by molar-refractivity contribution is 7.17. The summed E-state index contributed by atoms with van der Waals surface area (Å²) < 4.78 is 0. The summed E-state index contributed by atoms with van der Waals surface area (Å²) in [5, 5.41) is 4.35. The number of thiophene rings is 1. The zero-order chi connectivity index (χ0) is 16.9. The minimum absolute atomic E-state index is 0.0599. The van der Waals surface area contributed by atoms with E-state index >= 15 is 0 Å². The lowest BCUT2D eigenvalue weighted by Crippen LogP contribution is -2.24. The predicted molar refractivity (Wildman–Crippen MR) is 102 cm³/mol. The number of amides is 1. The molecule has 0 spiro atoms. The highest BCUT2D eigenvalue weighted by atomic mass is 35.5. The van der Waals surface area contributed by atoms with Crippen molar-refractivity contribution in [3.63, 3.8) is 0 Å². The molecule has 0 aliphatic carbocycles. The molecule has 0 bridgehead atoms. The molecule has 0 radical (unpaired) electrons. The van der Waals surface area contributed by atoms with Crippen LogP contribution in [0.3, 0.4) is 0 Å². The molecule has 122 valence electrons. The van der Waals surface area contributed by atoms with Crippen LogP contribution in [0.5, 0.6) is 0 Å². The van der Waals surface area contributed by atoms with Gasteiger partial charge in [-0.25, -0.2) is 0 Å². The smallest absolute Gasteiger partial charge is 0.261 e. The maximum atomic E-state index is 12.3. The van der Waals surface area contributed by atoms with Crippen LogP contribution in [0.1, 0.15) is 15.2 Å². The van der Waals surface area contributed by atoms with Crippen molar-refractivity contribution >= 4 is 40.4 Å². The Bertz CT molecular complexity index is 860. The standard InChI is InChI=1S/C19H15Cl2NOS/c20-15-5-1-3-13(11-15)9-10-22-19(23)18-8-7-17(24-18)14-4-2-6-16(21)12-14/h1-8,11-12H,9-10H2,(H,22,23). The number of hydrogen-bond donors (Lipinski definition) is 1. The highest BCUT2D eigenvalue weighted by Crippen LogP contribution is 2.29. The van der Waals surface area contributed by atoms with Crippen LogP contribution in [0.15, 0.2) is 60.7 Å². The van der Waals surface area contributed by atoms with E-state index in [1.54, 1.807) is 0 Å². The van der Waals surface area contributed by atoms with Gasteiger partial charge in [0.1, 0.15) is 0 Å². The Morgan fingerprint density at radius 2 is 1.71 bits per heavy atom. The van der Waals surface area contributed by atoms with Gasteiger partial charge in [0.15, 0.2) is 0 Å². The molecule has 3 aromatic rings. The first kappa shape index (κ1) is 17.0. The molecule has 0 saturated heterocycles. The van der Waals surface area contributed by atoms with Crippen LogP contribution < -0.4 is 5.32 Å². The van der Waals surface area contributed by atoms with Crippen LogP contribution in [0.2, 0.25) is 10.0 Å². The number of carbonyl (C=O) groups is 1. The SMILES string of the molecule is O=C(NCCc1cccc(Cl)c1)c1ccc(-c2cccc(Cl)c2)s1. The molecule has 24 heavy (non-hydrogen) atoms. The Morgan fingerprint density at radius 3 is 2.46 bits per heavy atom. The summed E-state index contributed by atoms with van der Waals surface area (Å²) in [6, 6.07) is 19.1. The maximum absolute atomic E-state index is 12.3. The van der Waals surface area contributed by atoms with Gasteiger partial charge < -0.3 is 5.32 Å². The van der Waals surface area contributed by atoms with Gasteiger partial charge in [-0.1, -0.05) is 47.5 Å². The van der Waals surface area contributed by atoms with Crippen molar-refractivity contribution in [1.29, 1.82) is 0 Å². The van der Waals surface area contributed by atoms with Crippen LogP contribution in [0, 0.1) is 0 Å². The van der Waals surface area contributed by atoms with E-state index in [2.05, 4.69) is 5.32 Å². The number of hydrogen-bond acceptors (Lipinski definition) is 2. The summed E-state index contributed by atoms with van der Waals surface area (Å²) in [5.41, 5.74) is 2.12. The van der Waals surface area contributed by atoms with E-state index < -0.39 is 0 Å². The Kier molecular flexibility index (Phi) is 5.56. The van der Waals surface area contributed by atoms with E-state index in [9.17, 15) is 4.79 Å². The average Bonchev–Trinajstić information content (AvgIpc) is 3.05. The highest BCUT2D eigenvalue weighted by Gasteiger charge is 2.10. The molecule has 2 aromatic carbocycles. The van der Waals surface area contributed by atoms with Crippen molar-refractivity contribution < 1.29 is 4.79 Å². The normalized spacial score (nSPS) is 10.6. The predicted octanol–water partition coefficient (Wildman–Crippen LogP) is 5.69. The quantitative estimate of drug-likeness (QED) is 0.609. The fraction of sp³-hybridized carbons (Fsp3) is 0.105. The number of nitrogens with one attached hydrogen (secondary N) is 1. The lowest BCUT2D eigenvalue weighted by atomic mass is 10.1.